The van der Waals surface area contributed by atoms with Crippen LogP contribution in [0.15, 0.2) is 30.3 Å². The molecule has 106 valence electrons. The van der Waals surface area contributed by atoms with Gasteiger partial charge in [-0.1, -0.05) is 32.0 Å². The summed E-state index contributed by atoms with van der Waals surface area (Å²) >= 11 is 0. The summed E-state index contributed by atoms with van der Waals surface area (Å²) in [6.07, 6.45) is 2.45. The van der Waals surface area contributed by atoms with E-state index in [9.17, 15) is 10.1 Å². The van der Waals surface area contributed by atoms with E-state index in [1.165, 1.54) is 5.69 Å². The zero-order chi connectivity index (χ0) is 14.5. The monoisotopic (exact) mass is 273 g/mol. The molecule has 0 unspecified atom stereocenters. The van der Waals surface area contributed by atoms with Gasteiger partial charge in [0.05, 0.1) is 10.6 Å². The van der Waals surface area contributed by atoms with Crippen LogP contribution in [0, 0.1) is 10.1 Å². The highest BCUT2D eigenvalue weighted by atomic mass is 16.6. The molecule has 1 heterocycles. The van der Waals surface area contributed by atoms with E-state index in [1.54, 1.807) is 12.1 Å². The van der Waals surface area contributed by atoms with Gasteiger partial charge in [0, 0.05) is 23.9 Å². The molecule has 0 radical (unpaired) electrons. The summed E-state index contributed by atoms with van der Waals surface area (Å²) in [6.45, 7) is 4.85. The number of hydrogen-bond acceptors (Lipinski definition) is 3. The van der Waals surface area contributed by atoms with Gasteiger partial charge in [0.15, 0.2) is 0 Å². The molecule has 1 aromatic heterocycles. The Morgan fingerprint density at radius 1 is 1.25 bits per heavy atom. The summed E-state index contributed by atoms with van der Waals surface area (Å²) in [6, 6.07) is 9.01. The van der Waals surface area contributed by atoms with Crippen molar-refractivity contribution in [1.82, 2.24) is 9.78 Å². The Balaban J connectivity index is 2.16. The van der Waals surface area contributed by atoms with Crippen LogP contribution in [0.3, 0.4) is 0 Å². The van der Waals surface area contributed by atoms with Gasteiger partial charge in [-0.2, -0.15) is 5.10 Å². The minimum Gasteiger partial charge on any atom is -0.269 e. The molecule has 20 heavy (non-hydrogen) atoms. The maximum absolute atomic E-state index is 11.0. The van der Waals surface area contributed by atoms with Crippen LogP contribution in [0.25, 0.3) is 0 Å². The number of nitro groups is 1. The topological polar surface area (TPSA) is 61.0 Å². The van der Waals surface area contributed by atoms with Gasteiger partial charge in [0.1, 0.15) is 0 Å². The molecule has 0 saturated carbocycles. The molecule has 2 aromatic rings. The molecule has 0 aliphatic rings. The second kappa shape index (κ2) is 6.32. The van der Waals surface area contributed by atoms with Crippen LogP contribution in [-0.2, 0) is 25.8 Å². The molecule has 0 amide bonds. The highest BCUT2D eigenvalue weighted by molar-refractivity contribution is 5.39. The first-order chi connectivity index (χ1) is 9.65. The van der Waals surface area contributed by atoms with Gasteiger partial charge in [0.2, 0.25) is 0 Å². The van der Waals surface area contributed by atoms with E-state index in [0.29, 0.717) is 13.0 Å². The number of hydrogen-bond donors (Lipinski definition) is 0. The smallest absolute Gasteiger partial charge is 0.269 e. The number of benzene rings is 1. The molecule has 0 atom stereocenters. The van der Waals surface area contributed by atoms with Crippen molar-refractivity contribution in [3.05, 3.63) is 57.4 Å². The van der Waals surface area contributed by atoms with E-state index in [-0.39, 0.29) is 10.6 Å². The summed E-state index contributed by atoms with van der Waals surface area (Å²) in [4.78, 5) is 10.7. The molecule has 0 N–H and O–H groups in total. The Morgan fingerprint density at radius 3 is 2.65 bits per heavy atom. The molecule has 5 heteroatoms. The first-order valence-corrected chi connectivity index (χ1v) is 6.93. The van der Waals surface area contributed by atoms with Crippen molar-refractivity contribution in [1.29, 1.82) is 0 Å². The third-order valence-electron chi connectivity index (χ3n) is 3.42. The summed E-state index contributed by atoms with van der Waals surface area (Å²) in [5.41, 5.74) is 3.20. The lowest BCUT2D eigenvalue weighted by Gasteiger charge is -2.06. The largest absolute Gasteiger partial charge is 0.272 e. The van der Waals surface area contributed by atoms with E-state index in [2.05, 4.69) is 25.0 Å². The molecule has 2 rings (SSSR count). The zero-order valence-corrected chi connectivity index (χ0v) is 11.9. The zero-order valence-electron chi connectivity index (χ0n) is 11.9. The SMILES string of the molecule is CCc1cc(CC)n(CCc2ccccc2[N+](=O)[O-])n1. The fraction of sp³-hybridized carbons (Fsp3) is 0.400. The van der Waals surface area contributed by atoms with Gasteiger partial charge < -0.3 is 0 Å². The molecule has 5 nitrogen and oxygen atoms in total. The summed E-state index contributed by atoms with van der Waals surface area (Å²) < 4.78 is 1.97. The molecular weight excluding hydrogens is 254 g/mol. The van der Waals surface area contributed by atoms with Gasteiger partial charge in [-0.15, -0.1) is 0 Å². The Hall–Kier alpha value is -2.17. The molecule has 0 spiro atoms. The fourth-order valence-electron chi connectivity index (χ4n) is 2.29. The number of nitro benzene ring substituents is 1. The number of rotatable bonds is 6. The lowest BCUT2D eigenvalue weighted by molar-refractivity contribution is -0.385. The van der Waals surface area contributed by atoms with Crippen molar-refractivity contribution in [3.63, 3.8) is 0 Å². The van der Waals surface area contributed by atoms with Crippen molar-refractivity contribution < 1.29 is 4.92 Å². The summed E-state index contributed by atoms with van der Waals surface area (Å²) in [7, 11) is 0. The van der Waals surface area contributed by atoms with Crippen molar-refractivity contribution in [2.24, 2.45) is 0 Å². The molecule has 1 aromatic carbocycles. The lowest BCUT2D eigenvalue weighted by Crippen LogP contribution is -2.08. The molecule has 0 aliphatic carbocycles. The lowest BCUT2D eigenvalue weighted by atomic mass is 10.1. The van der Waals surface area contributed by atoms with Gasteiger partial charge >= 0.3 is 0 Å². The standard InChI is InChI=1S/C15H19N3O2/c1-3-13-11-14(4-2)17(16-13)10-9-12-7-5-6-8-15(12)18(19)20/h5-8,11H,3-4,9-10H2,1-2H3. The maximum Gasteiger partial charge on any atom is 0.272 e. The van der Waals surface area contributed by atoms with Crippen LogP contribution in [0.5, 0.6) is 0 Å². The van der Waals surface area contributed by atoms with Crippen LogP contribution in [-0.4, -0.2) is 14.7 Å². The van der Waals surface area contributed by atoms with Crippen molar-refractivity contribution in [3.8, 4) is 0 Å². The second-order valence-corrected chi connectivity index (χ2v) is 4.69. The van der Waals surface area contributed by atoms with E-state index in [0.717, 1.165) is 24.1 Å². The molecule has 0 saturated heterocycles. The van der Waals surface area contributed by atoms with Gasteiger partial charge in [-0.05, 0) is 25.3 Å². The minimum absolute atomic E-state index is 0.188. The average molecular weight is 273 g/mol. The first kappa shape index (κ1) is 14.2. The van der Waals surface area contributed by atoms with Crippen molar-refractivity contribution in [2.45, 2.75) is 39.7 Å². The van der Waals surface area contributed by atoms with Crippen molar-refractivity contribution >= 4 is 5.69 Å². The third kappa shape index (κ3) is 3.04. The fourth-order valence-corrected chi connectivity index (χ4v) is 2.29. The molecule has 0 aliphatic heterocycles. The summed E-state index contributed by atoms with van der Waals surface area (Å²) in [5.74, 6) is 0. The predicted molar refractivity (Wildman–Crippen MR) is 77.8 cm³/mol. The van der Waals surface area contributed by atoms with Crippen LogP contribution in [0.1, 0.15) is 30.8 Å². The van der Waals surface area contributed by atoms with Crippen LogP contribution in [0.4, 0.5) is 5.69 Å². The van der Waals surface area contributed by atoms with Gasteiger partial charge in [-0.25, -0.2) is 0 Å². The van der Waals surface area contributed by atoms with Crippen molar-refractivity contribution in [2.75, 3.05) is 0 Å². The maximum atomic E-state index is 11.0. The predicted octanol–water partition coefficient (Wildman–Crippen LogP) is 3.16. The highest BCUT2D eigenvalue weighted by Gasteiger charge is 2.13. The Labute approximate surface area is 118 Å². The normalized spacial score (nSPS) is 10.7. The minimum atomic E-state index is -0.323. The third-order valence-corrected chi connectivity index (χ3v) is 3.42. The van der Waals surface area contributed by atoms with Gasteiger partial charge in [0.25, 0.3) is 5.69 Å². The Bertz CT molecular complexity index is 605. The van der Waals surface area contributed by atoms with Crippen LogP contribution in [0.2, 0.25) is 0 Å². The number of aromatic nitrogens is 2. The quantitative estimate of drug-likeness (QED) is 0.600. The van der Waals surface area contributed by atoms with E-state index < -0.39 is 0 Å². The number of nitrogens with zero attached hydrogens (tertiary/aromatic N) is 3. The van der Waals surface area contributed by atoms with Crippen LogP contribution >= 0.6 is 0 Å². The molecular formula is C15H19N3O2. The summed E-state index contributed by atoms with van der Waals surface area (Å²) in [5, 5.41) is 15.5. The molecule has 0 bridgehead atoms. The Kier molecular flexibility index (Phi) is 4.50. The van der Waals surface area contributed by atoms with E-state index >= 15 is 0 Å². The first-order valence-electron chi connectivity index (χ1n) is 6.93. The van der Waals surface area contributed by atoms with Gasteiger partial charge in [-0.3, -0.25) is 14.8 Å². The van der Waals surface area contributed by atoms with Crippen LogP contribution < -0.4 is 0 Å². The highest BCUT2D eigenvalue weighted by Crippen LogP contribution is 2.19. The Morgan fingerprint density at radius 2 is 2.00 bits per heavy atom. The van der Waals surface area contributed by atoms with E-state index in [4.69, 9.17) is 0 Å². The molecule has 0 fully saturated rings. The second-order valence-electron chi connectivity index (χ2n) is 4.69. The van der Waals surface area contributed by atoms with E-state index in [1.807, 2.05) is 16.8 Å². The number of aryl methyl sites for hydroxylation is 4. The average Bonchev–Trinajstić information content (AvgIpc) is 2.87. The number of para-hydroxylation sites is 1.